The molecule has 0 radical (unpaired) electrons. The summed E-state index contributed by atoms with van der Waals surface area (Å²) < 4.78 is 22.6. The summed E-state index contributed by atoms with van der Waals surface area (Å²) in [4.78, 5) is 47.3. The van der Waals surface area contributed by atoms with Crippen LogP contribution in [0.2, 0.25) is 0 Å². The summed E-state index contributed by atoms with van der Waals surface area (Å²) >= 11 is 1.27. The predicted octanol–water partition coefficient (Wildman–Crippen LogP) is 0.642. The second-order valence-corrected chi connectivity index (χ2v) is 10.4. The summed E-state index contributed by atoms with van der Waals surface area (Å²) in [7, 11) is -0.0409. The SMILES string of the molecule is CC[S+](C)C[C@H](NC(C)=O)[C@H]1O[C@H](SC)[C@H](OC(C)=O)[C@@H](OC(C)=O)[C@H]1OC(C)=O. The van der Waals surface area contributed by atoms with Gasteiger partial charge in [0.25, 0.3) is 0 Å². The van der Waals surface area contributed by atoms with E-state index in [-0.39, 0.29) is 16.8 Å². The van der Waals surface area contributed by atoms with E-state index >= 15 is 0 Å². The number of amides is 1. The Kier molecular flexibility index (Phi) is 11.0. The minimum Gasteiger partial charge on any atom is -0.456 e. The van der Waals surface area contributed by atoms with E-state index in [0.29, 0.717) is 5.75 Å². The van der Waals surface area contributed by atoms with Crippen LogP contribution in [0.25, 0.3) is 0 Å². The summed E-state index contributed by atoms with van der Waals surface area (Å²) in [5.74, 6) is -0.581. The Labute approximate surface area is 184 Å². The molecule has 0 aromatic carbocycles. The van der Waals surface area contributed by atoms with Crippen molar-refractivity contribution in [3.63, 3.8) is 0 Å². The highest BCUT2D eigenvalue weighted by atomic mass is 32.2. The van der Waals surface area contributed by atoms with Crippen molar-refractivity contribution in [2.24, 2.45) is 0 Å². The number of hydrogen-bond acceptors (Lipinski definition) is 9. The molecule has 30 heavy (non-hydrogen) atoms. The van der Waals surface area contributed by atoms with Gasteiger partial charge in [-0.25, -0.2) is 0 Å². The van der Waals surface area contributed by atoms with Crippen LogP contribution in [0.5, 0.6) is 0 Å². The molecule has 0 aliphatic carbocycles. The molecule has 0 aromatic heterocycles. The second-order valence-electron chi connectivity index (χ2n) is 6.97. The Morgan fingerprint density at radius 2 is 1.47 bits per heavy atom. The van der Waals surface area contributed by atoms with E-state index in [2.05, 4.69) is 11.6 Å². The fourth-order valence-corrected chi connectivity index (χ4v) is 5.06. The van der Waals surface area contributed by atoms with Crippen molar-refractivity contribution in [1.29, 1.82) is 0 Å². The van der Waals surface area contributed by atoms with Crippen molar-refractivity contribution < 1.29 is 38.1 Å². The van der Waals surface area contributed by atoms with Gasteiger partial charge in [-0.3, -0.25) is 19.2 Å². The molecule has 1 rings (SSSR count). The van der Waals surface area contributed by atoms with E-state index < -0.39 is 53.8 Å². The minimum absolute atomic E-state index is 0.0409. The van der Waals surface area contributed by atoms with Crippen molar-refractivity contribution >= 4 is 46.5 Å². The largest absolute Gasteiger partial charge is 0.456 e. The number of hydrogen-bond donors (Lipinski definition) is 1. The van der Waals surface area contributed by atoms with Gasteiger partial charge >= 0.3 is 17.9 Å². The lowest BCUT2D eigenvalue weighted by Gasteiger charge is -2.46. The molecule has 1 aliphatic rings. The summed E-state index contributed by atoms with van der Waals surface area (Å²) in [6, 6.07) is -0.494. The van der Waals surface area contributed by atoms with Gasteiger partial charge in [-0.15, -0.1) is 11.8 Å². The number of carbonyl (C=O) groups excluding carboxylic acids is 4. The third-order valence-corrected chi connectivity index (χ3v) is 7.17. The van der Waals surface area contributed by atoms with Gasteiger partial charge in [-0.1, -0.05) is 0 Å². The molecule has 11 heteroatoms. The molecule has 7 atom stereocenters. The van der Waals surface area contributed by atoms with Crippen LogP contribution >= 0.6 is 11.8 Å². The fourth-order valence-electron chi connectivity index (χ4n) is 3.22. The molecule has 1 unspecified atom stereocenters. The maximum absolute atomic E-state index is 11.9. The van der Waals surface area contributed by atoms with E-state index in [9.17, 15) is 19.2 Å². The van der Waals surface area contributed by atoms with Crippen molar-refractivity contribution in [2.75, 3.05) is 24.0 Å². The number of thioether (sulfide) groups is 1. The van der Waals surface area contributed by atoms with E-state index in [1.807, 2.05) is 6.92 Å². The maximum atomic E-state index is 11.9. The molecule has 9 nitrogen and oxygen atoms in total. The molecule has 0 saturated carbocycles. The first-order valence-corrected chi connectivity index (χ1v) is 12.8. The lowest BCUT2D eigenvalue weighted by Crippen LogP contribution is -2.66. The van der Waals surface area contributed by atoms with Crippen LogP contribution in [0.4, 0.5) is 0 Å². The first kappa shape index (κ1) is 26.6. The number of nitrogens with one attached hydrogen (secondary N) is 1. The monoisotopic (exact) mass is 466 g/mol. The summed E-state index contributed by atoms with van der Waals surface area (Å²) in [5.41, 5.74) is -0.688. The Bertz CT molecular complexity index is 632. The average molecular weight is 467 g/mol. The average Bonchev–Trinajstić information content (AvgIpc) is 2.62. The Balaban J connectivity index is 3.44. The van der Waals surface area contributed by atoms with Crippen molar-refractivity contribution in [3.8, 4) is 0 Å². The smallest absolute Gasteiger partial charge is 0.303 e. The Hall–Kier alpha value is -1.46. The maximum Gasteiger partial charge on any atom is 0.303 e. The number of rotatable bonds is 9. The molecule has 0 bridgehead atoms. The van der Waals surface area contributed by atoms with Gasteiger partial charge in [-0.05, 0) is 24.1 Å². The molecule has 1 saturated heterocycles. The highest BCUT2D eigenvalue weighted by Crippen LogP contribution is 2.34. The number of carbonyl (C=O) groups is 4. The Morgan fingerprint density at radius 1 is 0.967 bits per heavy atom. The third-order valence-electron chi connectivity index (χ3n) is 4.41. The molecule has 1 heterocycles. The summed E-state index contributed by atoms with van der Waals surface area (Å²) in [6.45, 7) is 7.13. The topological polar surface area (TPSA) is 117 Å². The second kappa shape index (κ2) is 12.4. The van der Waals surface area contributed by atoms with Gasteiger partial charge < -0.3 is 24.3 Å². The zero-order chi connectivity index (χ0) is 23.0. The molecule has 0 aromatic rings. The standard InChI is InChI=1S/C19H31NO8S2/c1-8-30(7)9-14(20-10(2)21)15-16(25-11(3)22)17(26-12(4)23)18(27-13(5)24)19(28-15)29-6/h14-19H,8-9H2,1-7H3/p+1/t14-,15+,16-,17-,18+,19+,30?/m0/s1. The quantitative estimate of drug-likeness (QED) is 0.297. The van der Waals surface area contributed by atoms with E-state index in [0.717, 1.165) is 5.75 Å². The summed E-state index contributed by atoms with van der Waals surface area (Å²) in [6.07, 6.45) is -0.0961. The van der Waals surface area contributed by atoms with Gasteiger partial charge in [0.1, 0.15) is 29.1 Å². The van der Waals surface area contributed by atoms with E-state index in [1.165, 1.54) is 39.5 Å². The predicted molar refractivity (Wildman–Crippen MR) is 115 cm³/mol. The molecule has 1 N–H and O–H groups in total. The van der Waals surface area contributed by atoms with Crippen molar-refractivity contribution in [3.05, 3.63) is 0 Å². The van der Waals surface area contributed by atoms with Crippen LogP contribution in [0.3, 0.4) is 0 Å². The molecular formula is C19H32NO8S2+. The molecule has 1 amide bonds. The lowest BCUT2D eigenvalue weighted by atomic mass is 9.94. The molecule has 1 fully saturated rings. The zero-order valence-electron chi connectivity index (χ0n) is 18.5. The lowest BCUT2D eigenvalue weighted by molar-refractivity contribution is -0.234. The molecule has 0 spiro atoms. The van der Waals surface area contributed by atoms with E-state index in [4.69, 9.17) is 18.9 Å². The van der Waals surface area contributed by atoms with Crippen LogP contribution in [-0.2, 0) is 49.0 Å². The van der Waals surface area contributed by atoms with Crippen molar-refractivity contribution in [1.82, 2.24) is 5.32 Å². The fraction of sp³-hybridized carbons (Fsp3) is 0.789. The van der Waals surface area contributed by atoms with Gasteiger partial charge in [0.05, 0.1) is 6.26 Å². The van der Waals surface area contributed by atoms with Crippen LogP contribution in [0, 0.1) is 0 Å². The van der Waals surface area contributed by atoms with Gasteiger partial charge in [-0.2, -0.15) is 0 Å². The highest BCUT2D eigenvalue weighted by molar-refractivity contribution is 7.99. The summed E-state index contributed by atoms with van der Waals surface area (Å²) in [5, 5.41) is 2.89. The Morgan fingerprint density at radius 3 is 1.90 bits per heavy atom. The first-order chi connectivity index (χ1) is 14.0. The van der Waals surface area contributed by atoms with Gasteiger partial charge in [0, 0.05) is 27.7 Å². The number of esters is 3. The van der Waals surface area contributed by atoms with Crippen LogP contribution < -0.4 is 5.32 Å². The van der Waals surface area contributed by atoms with E-state index in [1.54, 1.807) is 6.26 Å². The van der Waals surface area contributed by atoms with Gasteiger partial charge in [0.2, 0.25) is 5.91 Å². The highest BCUT2D eigenvalue weighted by Gasteiger charge is 2.54. The van der Waals surface area contributed by atoms with Crippen molar-refractivity contribution in [2.45, 2.75) is 70.5 Å². The zero-order valence-corrected chi connectivity index (χ0v) is 20.1. The van der Waals surface area contributed by atoms with Crippen LogP contribution in [-0.4, -0.2) is 83.7 Å². The minimum atomic E-state index is -1.08. The number of ether oxygens (including phenoxy) is 4. The van der Waals surface area contributed by atoms with Crippen LogP contribution in [0.15, 0.2) is 0 Å². The van der Waals surface area contributed by atoms with Crippen LogP contribution in [0.1, 0.15) is 34.6 Å². The molecule has 172 valence electrons. The normalized spacial score (nSPS) is 28.0. The third kappa shape index (κ3) is 7.99. The van der Waals surface area contributed by atoms with Gasteiger partial charge in [0.15, 0.2) is 18.3 Å². The molecule has 1 aliphatic heterocycles. The first-order valence-electron chi connectivity index (χ1n) is 9.56. The molecular weight excluding hydrogens is 434 g/mol.